The summed E-state index contributed by atoms with van der Waals surface area (Å²) >= 11 is 11.8. The van der Waals surface area contributed by atoms with Gasteiger partial charge in [-0.15, -0.1) is 11.6 Å². The van der Waals surface area contributed by atoms with Crippen molar-refractivity contribution in [1.82, 2.24) is 4.98 Å². The molecule has 2 aliphatic heterocycles. The fourth-order valence-corrected chi connectivity index (χ4v) is 2.99. The Morgan fingerprint density at radius 2 is 2.00 bits per heavy atom. The number of ether oxygens (including phenoxy) is 1. The van der Waals surface area contributed by atoms with Crippen LogP contribution in [0.1, 0.15) is 18.5 Å². The van der Waals surface area contributed by atoms with Crippen molar-refractivity contribution in [3.05, 3.63) is 22.8 Å². The third-order valence-corrected chi connectivity index (χ3v) is 4.00. The zero-order valence-corrected chi connectivity index (χ0v) is 10.9. The smallest absolute Gasteiger partial charge is 0.129 e. The fourth-order valence-electron chi connectivity index (χ4n) is 2.54. The monoisotopic (exact) mass is 272 g/mol. The van der Waals surface area contributed by atoms with Crippen molar-refractivity contribution in [2.75, 3.05) is 18.0 Å². The average molecular weight is 273 g/mol. The molecule has 3 rings (SSSR count). The molecule has 2 aliphatic rings. The van der Waals surface area contributed by atoms with Gasteiger partial charge in [-0.2, -0.15) is 0 Å². The lowest BCUT2D eigenvalue weighted by Gasteiger charge is -2.33. The highest BCUT2D eigenvalue weighted by atomic mass is 35.5. The molecule has 0 aliphatic carbocycles. The van der Waals surface area contributed by atoms with Crippen LogP contribution in [0, 0.1) is 0 Å². The first kappa shape index (κ1) is 11.6. The van der Waals surface area contributed by atoms with Crippen molar-refractivity contribution in [2.45, 2.75) is 30.9 Å². The van der Waals surface area contributed by atoms with E-state index in [-0.39, 0.29) is 0 Å². The van der Waals surface area contributed by atoms with Crippen molar-refractivity contribution >= 4 is 29.0 Å². The summed E-state index contributed by atoms with van der Waals surface area (Å²) in [5.41, 5.74) is 0.754. The standard InChI is InChI=1S/C12H14Cl2N2O/c13-5-11-10(14)3-4-12(15-11)16-6-8-1-2-9(7-16)17-8/h3-4,8-9H,1-2,5-7H2. The normalized spacial score (nSPS) is 27.5. The molecular formula is C12H14Cl2N2O. The number of halogens is 2. The fraction of sp³-hybridized carbons (Fsp3) is 0.583. The molecule has 2 atom stereocenters. The number of fused-ring (bicyclic) bond motifs is 2. The molecule has 0 spiro atoms. The number of rotatable bonds is 2. The summed E-state index contributed by atoms with van der Waals surface area (Å²) in [5, 5.41) is 0.639. The molecule has 2 saturated heterocycles. The lowest BCUT2D eigenvalue weighted by atomic mass is 10.2. The quantitative estimate of drug-likeness (QED) is 0.775. The number of hydrogen-bond acceptors (Lipinski definition) is 3. The summed E-state index contributed by atoms with van der Waals surface area (Å²) < 4.78 is 5.81. The molecular weight excluding hydrogens is 259 g/mol. The molecule has 0 aromatic carbocycles. The Kier molecular flexibility index (Phi) is 3.16. The van der Waals surface area contributed by atoms with E-state index >= 15 is 0 Å². The van der Waals surface area contributed by atoms with Crippen LogP contribution in [0.5, 0.6) is 0 Å². The molecule has 2 unspecified atom stereocenters. The minimum atomic E-state index is 0.351. The highest BCUT2D eigenvalue weighted by Gasteiger charge is 2.34. The van der Waals surface area contributed by atoms with Crippen LogP contribution in [0.15, 0.2) is 12.1 Å². The number of pyridine rings is 1. The van der Waals surface area contributed by atoms with Crippen LogP contribution < -0.4 is 4.90 Å². The Morgan fingerprint density at radius 1 is 1.29 bits per heavy atom. The van der Waals surface area contributed by atoms with E-state index in [0.29, 0.717) is 23.1 Å². The Bertz CT molecular complexity index is 415. The van der Waals surface area contributed by atoms with E-state index < -0.39 is 0 Å². The number of aromatic nitrogens is 1. The summed E-state index contributed by atoms with van der Waals surface area (Å²) in [7, 11) is 0. The van der Waals surface area contributed by atoms with E-state index in [2.05, 4.69) is 9.88 Å². The maximum absolute atomic E-state index is 6.01. The second-order valence-corrected chi connectivity index (χ2v) is 5.27. The van der Waals surface area contributed by atoms with Gasteiger partial charge in [0, 0.05) is 13.1 Å². The summed E-state index contributed by atoms with van der Waals surface area (Å²) in [6.45, 7) is 1.85. The van der Waals surface area contributed by atoms with Gasteiger partial charge < -0.3 is 9.64 Å². The number of nitrogens with zero attached hydrogens (tertiary/aromatic N) is 2. The number of anilines is 1. The van der Waals surface area contributed by atoms with E-state index in [4.69, 9.17) is 27.9 Å². The van der Waals surface area contributed by atoms with Gasteiger partial charge in [-0.1, -0.05) is 11.6 Å². The van der Waals surface area contributed by atoms with Gasteiger partial charge in [0.05, 0.1) is 28.8 Å². The van der Waals surface area contributed by atoms with E-state index in [0.717, 1.165) is 37.4 Å². The predicted octanol–water partition coefficient (Wildman–Crippen LogP) is 2.84. The maximum Gasteiger partial charge on any atom is 0.129 e. The van der Waals surface area contributed by atoms with Gasteiger partial charge in [0.15, 0.2) is 0 Å². The van der Waals surface area contributed by atoms with Crippen LogP contribution in [-0.2, 0) is 10.6 Å². The topological polar surface area (TPSA) is 25.4 Å². The predicted molar refractivity (Wildman–Crippen MR) is 68.9 cm³/mol. The molecule has 2 bridgehead atoms. The van der Waals surface area contributed by atoms with Crippen LogP contribution in [0.25, 0.3) is 0 Å². The van der Waals surface area contributed by atoms with Crippen LogP contribution >= 0.6 is 23.2 Å². The Balaban J connectivity index is 1.84. The molecule has 0 amide bonds. The highest BCUT2D eigenvalue weighted by molar-refractivity contribution is 6.32. The van der Waals surface area contributed by atoms with E-state index in [1.54, 1.807) is 0 Å². The van der Waals surface area contributed by atoms with Crippen LogP contribution in [0.4, 0.5) is 5.82 Å². The van der Waals surface area contributed by atoms with Crippen molar-refractivity contribution in [2.24, 2.45) is 0 Å². The second-order valence-electron chi connectivity index (χ2n) is 4.59. The van der Waals surface area contributed by atoms with Crippen LogP contribution in [0.2, 0.25) is 5.02 Å². The van der Waals surface area contributed by atoms with E-state index in [1.807, 2.05) is 12.1 Å². The molecule has 5 heteroatoms. The first-order valence-electron chi connectivity index (χ1n) is 5.88. The number of alkyl halides is 1. The van der Waals surface area contributed by atoms with Gasteiger partial charge in [-0.05, 0) is 25.0 Å². The zero-order valence-electron chi connectivity index (χ0n) is 9.40. The molecule has 2 fully saturated rings. The SMILES string of the molecule is ClCc1nc(N2CC3CCC(C2)O3)ccc1Cl. The molecule has 1 aromatic heterocycles. The van der Waals surface area contributed by atoms with Gasteiger partial charge in [-0.3, -0.25) is 0 Å². The van der Waals surface area contributed by atoms with Crippen molar-refractivity contribution in [1.29, 1.82) is 0 Å². The lowest BCUT2D eigenvalue weighted by molar-refractivity contribution is 0.0302. The largest absolute Gasteiger partial charge is 0.371 e. The molecule has 3 nitrogen and oxygen atoms in total. The summed E-state index contributed by atoms with van der Waals surface area (Å²) in [5.74, 6) is 1.31. The van der Waals surface area contributed by atoms with Gasteiger partial charge >= 0.3 is 0 Å². The Hall–Kier alpha value is -0.510. The molecule has 3 heterocycles. The number of hydrogen-bond donors (Lipinski definition) is 0. The summed E-state index contributed by atoms with van der Waals surface area (Å²) in [6.07, 6.45) is 3.06. The van der Waals surface area contributed by atoms with E-state index in [1.165, 1.54) is 0 Å². The van der Waals surface area contributed by atoms with Crippen molar-refractivity contribution in [3.63, 3.8) is 0 Å². The van der Waals surface area contributed by atoms with Gasteiger partial charge in [0.25, 0.3) is 0 Å². The minimum absolute atomic E-state index is 0.351. The second kappa shape index (κ2) is 4.63. The zero-order chi connectivity index (χ0) is 11.8. The Morgan fingerprint density at radius 3 is 2.65 bits per heavy atom. The number of morpholine rings is 1. The molecule has 0 N–H and O–H groups in total. The summed E-state index contributed by atoms with van der Waals surface area (Å²) in [6, 6.07) is 3.84. The highest BCUT2D eigenvalue weighted by Crippen LogP contribution is 2.29. The van der Waals surface area contributed by atoms with Gasteiger partial charge in [0.2, 0.25) is 0 Å². The van der Waals surface area contributed by atoms with Gasteiger partial charge in [0.1, 0.15) is 5.82 Å². The lowest BCUT2D eigenvalue weighted by Crippen LogP contribution is -2.43. The minimum Gasteiger partial charge on any atom is -0.371 e. The maximum atomic E-state index is 6.01. The molecule has 92 valence electrons. The van der Waals surface area contributed by atoms with Crippen LogP contribution in [-0.4, -0.2) is 30.3 Å². The third kappa shape index (κ3) is 2.24. The first-order valence-corrected chi connectivity index (χ1v) is 6.79. The van der Waals surface area contributed by atoms with E-state index in [9.17, 15) is 0 Å². The van der Waals surface area contributed by atoms with Gasteiger partial charge in [-0.25, -0.2) is 4.98 Å². The molecule has 1 aromatic rings. The van der Waals surface area contributed by atoms with Crippen molar-refractivity contribution < 1.29 is 4.74 Å². The van der Waals surface area contributed by atoms with Crippen molar-refractivity contribution in [3.8, 4) is 0 Å². The molecule has 0 saturated carbocycles. The third-order valence-electron chi connectivity index (χ3n) is 3.40. The van der Waals surface area contributed by atoms with Crippen LogP contribution in [0.3, 0.4) is 0 Å². The average Bonchev–Trinajstić information content (AvgIpc) is 2.69. The molecule has 0 radical (unpaired) electrons. The Labute approximate surface area is 111 Å². The first-order chi connectivity index (χ1) is 8.26. The summed E-state index contributed by atoms with van der Waals surface area (Å²) in [4.78, 5) is 6.79. The molecule has 17 heavy (non-hydrogen) atoms.